The highest BCUT2D eigenvalue weighted by molar-refractivity contribution is 6.31. The van der Waals surface area contributed by atoms with Crippen molar-refractivity contribution in [1.29, 1.82) is 0 Å². The smallest absolute Gasteiger partial charge is 0.251 e. The van der Waals surface area contributed by atoms with Gasteiger partial charge in [-0.15, -0.1) is 0 Å². The lowest BCUT2D eigenvalue weighted by atomic mass is 10.1. The van der Waals surface area contributed by atoms with E-state index in [2.05, 4.69) is 5.32 Å². The molecule has 0 aliphatic carbocycles. The minimum atomic E-state index is -0.166. The summed E-state index contributed by atoms with van der Waals surface area (Å²) in [5.74, 6) is -0.209. The van der Waals surface area contributed by atoms with Crippen molar-refractivity contribution >= 4 is 23.4 Å². The highest BCUT2D eigenvalue weighted by Gasteiger charge is 2.12. The number of nitrogens with zero attached hydrogens (tertiary/aromatic N) is 1. The van der Waals surface area contributed by atoms with Crippen LogP contribution in [-0.4, -0.2) is 30.3 Å². The zero-order valence-electron chi connectivity index (χ0n) is 13.9. The number of benzene rings is 2. The molecule has 0 aliphatic rings. The van der Waals surface area contributed by atoms with Gasteiger partial charge in [-0.1, -0.05) is 47.5 Å². The summed E-state index contributed by atoms with van der Waals surface area (Å²) in [6, 6.07) is 14.8. The first-order valence-electron chi connectivity index (χ1n) is 7.79. The number of amides is 2. The summed E-state index contributed by atoms with van der Waals surface area (Å²) in [5, 5.41) is 3.42. The van der Waals surface area contributed by atoms with Crippen molar-refractivity contribution in [3.63, 3.8) is 0 Å². The second-order valence-electron chi connectivity index (χ2n) is 5.72. The molecule has 0 aliphatic heterocycles. The molecule has 2 amide bonds. The molecule has 0 heterocycles. The van der Waals surface area contributed by atoms with Gasteiger partial charge in [0, 0.05) is 37.1 Å². The van der Waals surface area contributed by atoms with Gasteiger partial charge in [0.05, 0.1) is 0 Å². The largest absolute Gasteiger partial charge is 0.352 e. The van der Waals surface area contributed by atoms with Crippen LogP contribution < -0.4 is 5.32 Å². The molecular weight excluding hydrogens is 324 g/mol. The quantitative estimate of drug-likeness (QED) is 0.872. The van der Waals surface area contributed by atoms with E-state index < -0.39 is 0 Å². The molecule has 0 saturated carbocycles. The minimum absolute atomic E-state index is 0.0422. The van der Waals surface area contributed by atoms with Crippen molar-refractivity contribution in [1.82, 2.24) is 10.2 Å². The van der Waals surface area contributed by atoms with Gasteiger partial charge in [-0.3, -0.25) is 9.59 Å². The second-order valence-corrected chi connectivity index (χ2v) is 6.12. The molecule has 0 radical (unpaired) electrons. The van der Waals surface area contributed by atoms with E-state index in [1.807, 2.05) is 43.3 Å². The van der Waals surface area contributed by atoms with E-state index in [9.17, 15) is 9.59 Å². The van der Waals surface area contributed by atoms with E-state index >= 15 is 0 Å². The van der Waals surface area contributed by atoms with E-state index in [1.165, 1.54) is 0 Å². The van der Waals surface area contributed by atoms with E-state index in [1.54, 1.807) is 24.1 Å². The fourth-order valence-corrected chi connectivity index (χ4v) is 2.53. The third-order valence-corrected chi connectivity index (χ3v) is 4.06. The number of carbonyl (C=O) groups is 2. The number of nitrogens with one attached hydrogen (secondary N) is 1. The summed E-state index contributed by atoms with van der Waals surface area (Å²) in [5.41, 5.74) is 2.53. The van der Waals surface area contributed by atoms with Gasteiger partial charge in [0.2, 0.25) is 5.91 Å². The van der Waals surface area contributed by atoms with E-state index in [-0.39, 0.29) is 18.2 Å². The zero-order valence-corrected chi connectivity index (χ0v) is 14.6. The summed E-state index contributed by atoms with van der Waals surface area (Å²) in [6.07, 6.45) is 0.249. The van der Waals surface area contributed by atoms with Crippen LogP contribution in [0.1, 0.15) is 27.9 Å². The zero-order chi connectivity index (χ0) is 17.5. The second kappa shape index (κ2) is 8.50. The fourth-order valence-electron chi connectivity index (χ4n) is 2.33. The van der Waals surface area contributed by atoms with Gasteiger partial charge < -0.3 is 10.2 Å². The monoisotopic (exact) mass is 344 g/mol. The van der Waals surface area contributed by atoms with Crippen molar-refractivity contribution in [3.05, 3.63) is 70.2 Å². The lowest BCUT2D eigenvalue weighted by Crippen LogP contribution is -2.32. The maximum Gasteiger partial charge on any atom is 0.251 e. The van der Waals surface area contributed by atoms with Crippen LogP contribution in [0.4, 0.5) is 0 Å². The van der Waals surface area contributed by atoms with Crippen LogP contribution in [0.3, 0.4) is 0 Å². The molecule has 4 nitrogen and oxygen atoms in total. The van der Waals surface area contributed by atoms with Crippen LogP contribution in [0, 0.1) is 6.92 Å². The Labute approximate surface area is 147 Å². The molecule has 0 saturated heterocycles. The Morgan fingerprint density at radius 1 is 1.12 bits per heavy atom. The average Bonchev–Trinajstić information content (AvgIpc) is 2.56. The van der Waals surface area contributed by atoms with Gasteiger partial charge in [0.15, 0.2) is 0 Å². The summed E-state index contributed by atoms with van der Waals surface area (Å²) in [4.78, 5) is 25.8. The maximum absolute atomic E-state index is 12.2. The molecule has 0 atom stereocenters. The number of hydrogen-bond donors (Lipinski definition) is 1. The Balaban J connectivity index is 1.80. The molecule has 24 heavy (non-hydrogen) atoms. The predicted octanol–water partition coefficient (Wildman–Crippen LogP) is 3.43. The highest BCUT2D eigenvalue weighted by atomic mass is 35.5. The number of halogens is 1. The highest BCUT2D eigenvalue weighted by Crippen LogP contribution is 2.16. The Bertz CT molecular complexity index is 731. The number of aryl methyl sites for hydroxylation is 1. The Morgan fingerprint density at radius 2 is 1.88 bits per heavy atom. The Hall–Kier alpha value is -2.33. The minimum Gasteiger partial charge on any atom is -0.352 e. The van der Waals surface area contributed by atoms with E-state index in [4.69, 9.17) is 11.6 Å². The number of carbonyl (C=O) groups excluding carboxylic acids is 2. The molecule has 0 spiro atoms. The molecule has 2 aromatic rings. The molecule has 5 heteroatoms. The Morgan fingerprint density at radius 3 is 2.58 bits per heavy atom. The van der Waals surface area contributed by atoms with E-state index in [0.717, 1.165) is 11.1 Å². The molecule has 0 bridgehead atoms. The van der Waals surface area contributed by atoms with Crippen LogP contribution in [0.2, 0.25) is 5.02 Å². The summed E-state index contributed by atoms with van der Waals surface area (Å²) in [7, 11) is 1.73. The van der Waals surface area contributed by atoms with Crippen LogP contribution >= 0.6 is 11.6 Å². The normalized spacial score (nSPS) is 10.3. The molecular formula is C19H21ClN2O2. The van der Waals surface area contributed by atoms with Gasteiger partial charge >= 0.3 is 0 Å². The molecule has 2 aromatic carbocycles. The van der Waals surface area contributed by atoms with Gasteiger partial charge in [-0.05, 0) is 30.7 Å². The van der Waals surface area contributed by atoms with Crippen molar-refractivity contribution in [2.45, 2.75) is 19.9 Å². The van der Waals surface area contributed by atoms with Gasteiger partial charge in [-0.25, -0.2) is 0 Å². The third kappa shape index (κ3) is 5.10. The average molecular weight is 345 g/mol. The molecule has 126 valence electrons. The SMILES string of the molecule is Cc1cccc(C(=O)NCCC(=O)N(C)Cc2ccccc2Cl)c1. The molecule has 2 rings (SSSR count). The molecule has 0 aromatic heterocycles. The summed E-state index contributed by atoms with van der Waals surface area (Å²) < 4.78 is 0. The van der Waals surface area contributed by atoms with Crippen LogP contribution in [0.15, 0.2) is 48.5 Å². The van der Waals surface area contributed by atoms with Crippen LogP contribution in [0.5, 0.6) is 0 Å². The third-order valence-electron chi connectivity index (χ3n) is 3.70. The van der Waals surface area contributed by atoms with Crippen molar-refractivity contribution in [2.24, 2.45) is 0 Å². The molecule has 0 fully saturated rings. The Kier molecular flexibility index (Phi) is 6.38. The van der Waals surface area contributed by atoms with E-state index in [0.29, 0.717) is 23.7 Å². The summed E-state index contributed by atoms with van der Waals surface area (Å²) >= 11 is 6.10. The van der Waals surface area contributed by atoms with Crippen LogP contribution in [-0.2, 0) is 11.3 Å². The topological polar surface area (TPSA) is 49.4 Å². The number of hydrogen-bond acceptors (Lipinski definition) is 2. The van der Waals surface area contributed by atoms with Crippen molar-refractivity contribution in [3.8, 4) is 0 Å². The summed E-state index contributed by atoms with van der Waals surface area (Å²) in [6.45, 7) is 2.69. The van der Waals surface area contributed by atoms with Crippen molar-refractivity contribution in [2.75, 3.05) is 13.6 Å². The first-order chi connectivity index (χ1) is 11.5. The van der Waals surface area contributed by atoms with Crippen LogP contribution in [0.25, 0.3) is 0 Å². The van der Waals surface area contributed by atoms with Gasteiger partial charge in [0.25, 0.3) is 5.91 Å². The fraction of sp³-hybridized carbons (Fsp3) is 0.263. The molecule has 1 N–H and O–H groups in total. The first kappa shape index (κ1) is 18.0. The number of rotatable bonds is 6. The lowest BCUT2D eigenvalue weighted by molar-refractivity contribution is -0.130. The maximum atomic E-state index is 12.2. The predicted molar refractivity (Wildman–Crippen MR) is 96.1 cm³/mol. The lowest BCUT2D eigenvalue weighted by Gasteiger charge is -2.18. The van der Waals surface area contributed by atoms with Gasteiger partial charge in [0.1, 0.15) is 0 Å². The first-order valence-corrected chi connectivity index (χ1v) is 8.17. The van der Waals surface area contributed by atoms with Gasteiger partial charge in [-0.2, -0.15) is 0 Å². The van der Waals surface area contributed by atoms with Crippen molar-refractivity contribution < 1.29 is 9.59 Å². The standard InChI is InChI=1S/C19H21ClN2O2/c1-14-6-5-8-15(12-14)19(24)21-11-10-18(23)22(2)13-16-7-3-4-9-17(16)20/h3-9,12H,10-11,13H2,1-2H3,(H,21,24). The molecule has 0 unspecified atom stereocenters.